The molecule has 0 aliphatic heterocycles. The van der Waals surface area contributed by atoms with Crippen molar-refractivity contribution in [3.05, 3.63) is 64.1 Å². The number of amides is 2. The topological polar surface area (TPSA) is 84.0 Å². The van der Waals surface area contributed by atoms with Gasteiger partial charge in [-0.15, -0.1) is 10.2 Å². The highest BCUT2D eigenvalue weighted by Crippen LogP contribution is 2.26. The number of hydrogen-bond donors (Lipinski definition) is 2. The molecular formula is C17H12Cl2N4O2S2. The molecule has 27 heavy (non-hydrogen) atoms. The lowest BCUT2D eigenvalue weighted by Gasteiger charge is -2.03. The third kappa shape index (κ3) is 5.93. The molecule has 0 bridgehead atoms. The molecule has 0 fully saturated rings. The average molecular weight is 439 g/mol. The molecule has 2 N–H and O–H groups in total. The van der Waals surface area contributed by atoms with Gasteiger partial charge >= 0.3 is 0 Å². The van der Waals surface area contributed by atoms with Crippen molar-refractivity contribution in [1.82, 2.24) is 10.2 Å². The molecule has 0 saturated heterocycles. The van der Waals surface area contributed by atoms with Crippen molar-refractivity contribution < 1.29 is 9.59 Å². The Morgan fingerprint density at radius 2 is 1.56 bits per heavy atom. The standard InChI is InChI=1S/C17H12Cl2N4O2S2/c18-11-3-1-10(2-4-11)15(25)21-16-22-23-17(27-16)26-9-14(24)20-13-7-5-12(19)6-8-13/h1-8H,9H2,(H,20,24)(H,21,22,25). The van der Waals surface area contributed by atoms with Gasteiger partial charge in [0.25, 0.3) is 5.91 Å². The number of carbonyl (C=O) groups excluding carboxylic acids is 2. The first-order valence-corrected chi connectivity index (χ1v) is 10.1. The van der Waals surface area contributed by atoms with Gasteiger partial charge in [0.2, 0.25) is 11.0 Å². The summed E-state index contributed by atoms with van der Waals surface area (Å²) in [7, 11) is 0. The SMILES string of the molecule is O=C(CSc1nnc(NC(=O)c2ccc(Cl)cc2)s1)Nc1ccc(Cl)cc1. The Bertz CT molecular complexity index is 946. The second-order valence-corrected chi connectivity index (χ2v) is 8.25. The van der Waals surface area contributed by atoms with Gasteiger partial charge in [0.05, 0.1) is 5.75 Å². The normalized spacial score (nSPS) is 10.4. The Labute approximate surface area is 173 Å². The average Bonchev–Trinajstić information content (AvgIpc) is 3.10. The number of aromatic nitrogens is 2. The third-order valence-corrected chi connectivity index (χ3v) is 5.66. The van der Waals surface area contributed by atoms with E-state index in [9.17, 15) is 9.59 Å². The maximum Gasteiger partial charge on any atom is 0.257 e. The van der Waals surface area contributed by atoms with Crippen LogP contribution in [0.4, 0.5) is 10.8 Å². The molecule has 2 aromatic carbocycles. The summed E-state index contributed by atoms with van der Waals surface area (Å²) in [4.78, 5) is 24.1. The molecule has 0 unspecified atom stereocenters. The third-order valence-electron chi connectivity index (χ3n) is 3.19. The zero-order chi connectivity index (χ0) is 19.2. The highest BCUT2D eigenvalue weighted by Gasteiger charge is 2.12. The number of anilines is 2. The van der Waals surface area contributed by atoms with E-state index >= 15 is 0 Å². The summed E-state index contributed by atoms with van der Waals surface area (Å²) < 4.78 is 0.577. The van der Waals surface area contributed by atoms with Gasteiger partial charge in [-0.25, -0.2) is 0 Å². The number of hydrogen-bond acceptors (Lipinski definition) is 6. The van der Waals surface area contributed by atoms with Gasteiger partial charge in [-0.05, 0) is 48.5 Å². The molecule has 6 nitrogen and oxygen atoms in total. The maximum atomic E-state index is 12.1. The molecule has 0 radical (unpaired) electrons. The number of rotatable bonds is 6. The van der Waals surface area contributed by atoms with E-state index in [2.05, 4.69) is 20.8 Å². The molecular weight excluding hydrogens is 427 g/mol. The molecule has 0 atom stereocenters. The minimum absolute atomic E-state index is 0.169. The first kappa shape index (κ1) is 19.6. The van der Waals surface area contributed by atoms with Crippen LogP contribution in [0, 0.1) is 0 Å². The van der Waals surface area contributed by atoms with Crippen LogP contribution in [0.5, 0.6) is 0 Å². The summed E-state index contributed by atoms with van der Waals surface area (Å²) in [5.74, 6) is -0.313. The van der Waals surface area contributed by atoms with E-state index in [4.69, 9.17) is 23.2 Å². The minimum Gasteiger partial charge on any atom is -0.325 e. The lowest BCUT2D eigenvalue weighted by atomic mass is 10.2. The van der Waals surface area contributed by atoms with Crippen molar-refractivity contribution in [3.8, 4) is 0 Å². The van der Waals surface area contributed by atoms with E-state index in [0.29, 0.717) is 30.8 Å². The summed E-state index contributed by atoms with van der Waals surface area (Å²) >= 11 is 14.0. The largest absolute Gasteiger partial charge is 0.325 e. The molecule has 1 aromatic heterocycles. The van der Waals surface area contributed by atoms with E-state index in [1.807, 2.05) is 0 Å². The van der Waals surface area contributed by atoms with Crippen molar-refractivity contribution in [3.63, 3.8) is 0 Å². The van der Waals surface area contributed by atoms with Crippen LogP contribution in [0.25, 0.3) is 0 Å². The fourth-order valence-electron chi connectivity index (χ4n) is 1.95. The number of benzene rings is 2. The lowest BCUT2D eigenvalue weighted by molar-refractivity contribution is -0.113. The second kappa shape index (κ2) is 9.18. The Hall–Kier alpha value is -2.13. The number of nitrogens with zero attached hydrogens (tertiary/aromatic N) is 2. The van der Waals surface area contributed by atoms with E-state index in [-0.39, 0.29) is 17.6 Å². The van der Waals surface area contributed by atoms with Gasteiger partial charge in [0.15, 0.2) is 4.34 Å². The monoisotopic (exact) mass is 438 g/mol. The Morgan fingerprint density at radius 3 is 2.22 bits per heavy atom. The smallest absolute Gasteiger partial charge is 0.257 e. The summed E-state index contributed by atoms with van der Waals surface area (Å²) in [5, 5.41) is 14.8. The van der Waals surface area contributed by atoms with Crippen molar-refractivity contribution in [1.29, 1.82) is 0 Å². The Kier molecular flexibility index (Phi) is 6.68. The molecule has 3 rings (SSSR count). The van der Waals surface area contributed by atoms with Crippen LogP contribution in [-0.4, -0.2) is 27.8 Å². The van der Waals surface area contributed by atoms with E-state index in [0.717, 1.165) is 0 Å². The molecule has 0 spiro atoms. The molecule has 1 heterocycles. The first-order valence-electron chi connectivity index (χ1n) is 7.58. The quantitative estimate of drug-likeness (QED) is 0.425. The van der Waals surface area contributed by atoms with Crippen LogP contribution in [-0.2, 0) is 4.79 Å². The molecule has 2 amide bonds. The molecule has 0 aliphatic rings. The lowest BCUT2D eigenvalue weighted by Crippen LogP contribution is -2.13. The first-order chi connectivity index (χ1) is 13.0. The molecule has 3 aromatic rings. The predicted octanol–water partition coefficient (Wildman–Crippen LogP) is 4.83. The van der Waals surface area contributed by atoms with E-state index in [1.165, 1.54) is 23.1 Å². The van der Waals surface area contributed by atoms with Crippen LogP contribution in [0.1, 0.15) is 10.4 Å². The Balaban J connectivity index is 1.50. The minimum atomic E-state index is -0.306. The van der Waals surface area contributed by atoms with E-state index in [1.54, 1.807) is 48.5 Å². The van der Waals surface area contributed by atoms with Crippen molar-refractivity contribution >= 4 is 68.9 Å². The van der Waals surface area contributed by atoms with Crippen LogP contribution >= 0.6 is 46.3 Å². The van der Waals surface area contributed by atoms with Crippen LogP contribution < -0.4 is 10.6 Å². The van der Waals surface area contributed by atoms with E-state index < -0.39 is 0 Å². The molecule has 10 heteroatoms. The molecule has 138 valence electrons. The Morgan fingerprint density at radius 1 is 0.926 bits per heavy atom. The van der Waals surface area contributed by atoms with Crippen LogP contribution in [0.2, 0.25) is 10.0 Å². The molecule has 0 saturated carbocycles. The number of thioether (sulfide) groups is 1. The van der Waals surface area contributed by atoms with Gasteiger partial charge in [-0.2, -0.15) is 0 Å². The van der Waals surface area contributed by atoms with Crippen molar-refractivity contribution in [2.24, 2.45) is 0 Å². The van der Waals surface area contributed by atoms with Crippen LogP contribution in [0.3, 0.4) is 0 Å². The van der Waals surface area contributed by atoms with Gasteiger partial charge in [0, 0.05) is 21.3 Å². The zero-order valence-corrected chi connectivity index (χ0v) is 16.8. The summed E-state index contributed by atoms with van der Waals surface area (Å²) in [5.41, 5.74) is 1.13. The predicted molar refractivity (Wildman–Crippen MR) is 110 cm³/mol. The number of nitrogens with one attached hydrogen (secondary N) is 2. The van der Waals surface area contributed by atoms with Crippen molar-refractivity contribution in [2.75, 3.05) is 16.4 Å². The highest BCUT2D eigenvalue weighted by atomic mass is 35.5. The fourth-order valence-corrected chi connectivity index (χ4v) is 3.75. The van der Waals surface area contributed by atoms with Gasteiger partial charge in [0.1, 0.15) is 0 Å². The maximum absolute atomic E-state index is 12.1. The molecule has 0 aliphatic carbocycles. The van der Waals surface area contributed by atoms with Gasteiger partial charge < -0.3 is 5.32 Å². The summed E-state index contributed by atoms with van der Waals surface area (Å²) in [6.45, 7) is 0. The van der Waals surface area contributed by atoms with Crippen LogP contribution in [0.15, 0.2) is 52.9 Å². The summed E-state index contributed by atoms with van der Waals surface area (Å²) in [6.07, 6.45) is 0. The zero-order valence-electron chi connectivity index (χ0n) is 13.6. The summed E-state index contributed by atoms with van der Waals surface area (Å²) in [6, 6.07) is 13.4. The van der Waals surface area contributed by atoms with Gasteiger partial charge in [-0.3, -0.25) is 14.9 Å². The highest BCUT2D eigenvalue weighted by molar-refractivity contribution is 8.01. The number of carbonyl (C=O) groups is 2. The van der Waals surface area contributed by atoms with Crippen molar-refractivity contribution in [2.45, 2.75) is 4.34 Å². The van der Waals surface area contributed by atoms with Gasteiger partial charge in [-0.1, -0.05) is 46.3 Å². The fraction of sp³-hybridized carbons (Fsp3) is 0.0588. The number of halogens is 2. The second-order valence-electron chi connectivity index (χ2n) is 5.18.